The van der Waals surface area contributed by atoms with Crippen LogP contribution in [0.3, 0.4) is 0 Å². The standard InChI is InChI=1S/C13H14B2O2/c1-15-17-13-8-4-11(5-9-13)10-2-6-12(16-14)7-3-10/h2-9,15H,14H2,1H3. The summed E-state index contributed by atoms with van der Waals surface area (Å²) in [6.45, 7) is 1.98. The molecule has 84 valence electrons. The first-order chi connectivity index (χ1) is 8.33. The highest BCUT2D eigenvalue weighted by atomic mass is 16.4. The molecule has 0 spiro atoms. The van der Waals surface area contributed by atoms with Gasteiger partial charge in [0.25, 0.3) is 0 Å². The van der Waals surface area contributed by atoms with Crippen molar-refractivity contribution < 1.29 is 9.31 Å². The Labute approximate surface area is 103 Å². The fourth-order valence-corrected chi connectivity index (χ4v) is 1.69. The summed E-state index contributed by atoms with van der Waals surface area (Å²) in [5.74, 6) is 1.78. The molecule has 0 aliphatic carbocycles. The Morgan fingerprint density at radius 1 is 0.824 bits per heavy atom. The van der Waals surface area contributed by atoms with Crippen molar-refractivity contribution in [1.82, 2.24) is 0 Å². The van der Waals surface area contributed by atoms with Gasteiger partial charge in [-0.3, -0.25) is 0 Å². The topological polar surface area (TPSA) is 18.5 Å². The van der Waals surface area contributed by atoms with E-state index in [1.54, 1.807) is 8.05 Å². The number of hydrogen-bond donors (Lipinski definition) is 0. The smallest absolute Gasteiger partial charge is 0.336 e. The first-order valence-corrected chi connectivity index (χ1v) is 5.71. The second-order valence-electron chi connectivity index (χ2n) is 3.69. The molecule has 0 N–H and O–H groups in total. The molecule has 0 aromatic heterocycles. The van der Waals surface area contributed by atoms with Crippen molar-refractivity contribution in [2.24, 2.45) is 0 Å². The van der Waals surface area contributed by atoms with Crippen LogP contribution in [-0.4, -0.2) is 15.5 Å². The van der Waals surface area contributed by atoms with E-state index in [4.69, 9.17) is 9.31 Å². The van der Waals surface area contributed by atoms with Crippen molar-refractivity contribution >= 4 is 15.5 Å². The van der Waals surface area contributed by atoms with E-state index >= 15 is 0 Å². The van der Waals surface area contributed by atoms with Crippen LogP contribution in [0.2, 0.25) is 6.82 Å². The molecule has 0 radical (unpaired) electrons. The van der Waals surface area contributed by atoms with E-state index in [0.717, 1.165) is 11.5 Å². The van der Waals surface area contributed by atoms with Gasteiger partial charge in [0.1, 0.15) is 0 Å². The minimum atomic E-state index is 0.696. The predicted octanol–water partition coefficient (Wildman–Crippen LogP) is 2.06. The molecule has 2 rings (SSSR count). The predicted molar refractivity (Wildman–Crippen MR) is 74.7 cm³/mol. The maximum atomic E-state index is 5.41. The molecule has 2 aromatic carbocycles. The normalized spacial score (nSPS) is 9.71. The molecule has 17 heavy (non-hydrogen) atoms. The van der Waals surface area contributed by atoms with E-state index in [-0.39, 0.29) is 0 Å². The lowest BCUT2D eigenvalue weighted by molar-refractivity contribution is 0.600. The maximum Gasteiger partial charge on any atom is 0.336 e. The fraction of sp³-hybridized carbons (Fsp3) is 0.0769. The van der Waals surface area contributed by atoms with E-state index in [9.17, 15) is 0 Å². The Morgan fingerprint density at radius 2 is 1.29 bits per heavy atom. The third-order valence-electron chi connectivity index (χ3n) is 2.59. The molecule has 2 aromatic rings. The molecule has 0 unspecified atom stereocenters. The molecule has 0 amide bonds. The van der Waals surface area contributed by atoms with Crippen LogP contribution in [0.1, 0.15) is 0 Å². The summed E-state index contributed by atoms with van der Waals surface area (Å²) in [6, 6.07) is 16.1. The van der Waals surface area contributed by atoms with E-state index in [1.165, 1.54) is 11.1 Å². The summed E-state index contributed by atoms with van der Waals surface area (Å²) in [7, 11) is 2.37. The summed E-state index contributed by atoms with van der Waals surface area (Å²) in [5.41, 5.74) is 2.35. The Bertz CT molecular complexity index is 466. The highest BCUT2D eigenvalue weighted by Gasteiger charge is 1.99. The van der Waals surface area contributed by atoms with Crippen molar-refractivity contribution in [3.05, 3.63) is 48.5 Å². The number of hydrogen-bond acceptors (Lipinski definition) is 2. The van der Waals surface area contributed by atoms with Gasteiger partial charge in [-0.05, 0) is 35.4 Å². The highest BCUT2D eigenvalue weighted by Crippen LogP contribution is 2.24. The van der Waals surface area contributed by atoms with E-state index < -0.39 is 0 Å². The summed E-state index contributed by atoms with van der Waals surface area (Å²) < 4.78 is 10.5. The number of benzene rings is 2. The van der Waals surface area contributed by atoms with Crippen molar-refractivity contribution in [2.75, 3.05) is 0 Å². The lowest BCUT2D eigenvalue weighted by Gasteiger charge is -2.06. The first-order valence-electron chi connectivity index (χ1n) is 5.71. The zero-order valence-corrected chi connectivity index (χ0v) is 10.1. The van der Waals surface area contributed by atoms with Gasteiger partial charge in [-0.15, -0.1) is 0 Å². The molecule has 0 heterocycles. The van der Waals surface area contributed by atoms with Crippen molar-refractivity contribution in [2.45, 2.75) is 6.82 Å². The van der Waals surface area contributed by atoms with Gasteiger partial charge in [-0.1, -0.05) is 31.1 Å². The van der Waals surface area contributed by atoms with Crippen LogP contribution in [0, 0.1) is 0 Å². The van der Waals surface area contributed by atoms with Crippen LogP contribution in [-0.2, 0) is 0 Å². The average molecular weight is 224 g/mol. The van der Waals surface area contributed by atoms with Crippen LogP contribution in [0.15, 0.2) is 48.5 Å². The molecule has 0 aliphatic heterocycles. The van der Waals surface area contributed by atoms with Gasteiger partial charge in [0.05, 0.1) is 11.5 Å². The Morgan fingerprint density at radius 3 is 1.71 bits per heavy atom. The lowest BCUT2D eigenvalue weighted by atomic mass is 10.0. The van der Waals surface area contributed by atoms with Gasteiger partial charge >= 0.3 is 15.5 Å². The first kappa shape index (κ1) is 11.6. The lowest BCUT2D eigenvalue weighted by Crippen LogP contribution is -1.94. The second-order valence-corrected chi connectivity index (χ2v) is 3.69. The third kappa shape index (κ3) is 2.84. The second kappa shape index (κ2) is 5.48. The van der Waals surface area contributed by atoms with Crippen molar-refractivity contribution in [3.63, 3.8) is 0 Å². The van der Waals surface area contributed by atoms with E-state index in [0.29, 0.717) is 7.48 Å². The summed E-state index contributed by atoms with van der Waals surface area (Å²) >= 11 is 0. The Kier molecular flexibility index (Phi) is 3.76. The maximum absolute atomic E-state index is 5.41. The third-order valence-corrected chi connectivity index (χ3v) is 2.59. The molecule has 0 bridgehead atoms. The van der Waals surface area contributed by atoms with Crippen LogP contribution in [0.4, 0.5) is 0 Å². The minimum absolute atomic E-state index is 0.696. The highest BCUT2D eigenvalue weighted by molar-refractivity contribution is 6.26. The van der Waals surface area contributed by atoms with Crippen molar-refractivity contribution in [3.8, 4) is 22.6 Å². The van der Waals surface area contributed by atoms with Crippen LogP contribution in [0.25, 0.3) is 11.1 Å². The van der Waals surface area contributed by atoms with E-state index in [1.807, 2.05) is 31.1 Å². The zero-order valence-electron chi connectivity index (χ0n) is 10.1. The van der Waals surface area contributed by atoms with Crippen LogP contribution in [0.5, 0.6) is 11.5 Å². The monoisotopic (exact) mass is 224 g/mol. The van der Waals surface area contributed by atoms with Gasteiger partial charge in [-0.25, -0.2) is 0 Å². The average Bonchev–Trinajstić information content (AvgIpc) is 2.40. The molecular formula is C13H14B2O2. The summed E-state index contributed by atoms with van der Waals surface area (Å²) in [5, 5.41) is 0. The quantitative estimate of drug-likeness (QED) is 0.739. The molecule has 0 fully saturated rings. The summed E-state index contributed by atoms with van der Waals surface area (Å²) in [4.78, 5) is 0. The molecule has 0 saturated heterocycles. The summed E-state index contributed by atoms with van der Waals surface area (Å²) in [6.07, 6.45) is 0. The van der Waals surface area contributed by atoms with Crippen LogP contribution >= 0.6 is 0 Å². The number of rotatable bonds is 4. The largest absolute Gasteiger partial charge is 0.568 e. The van der Waals surface area contributed by atoms with E-state index in [2.05, 4.69) is 24.3 Å². The zero-order chi connectivity index (χ0) is 12.1. The van der Waals surface area contributed by atoms with Gasteiger partial charge in [0.15, 0.2) is 0 Å². The Hall–Kier alpha value is -1.83. The fourth-order valence-electron chi connectivity index (χ4n) is 1.69. The molecular weight excluding hydrogens is 210 g/mol. The van der Waals surface area contributed by atoms with Crippen LogP contribution < -0.4 is 9.31 Å². The van der Waals surface area contributed by atoms with Gasteiger partial charge in [0.2, 0.25) is 0 Å². The van der Waals surface area contributed by atoms with Crippen molar-refractivity contribution in [1.29, 1.82) is 0 Å². The molecule has 0 saturated carbocycles. The molecule has 0 atom stereocenters. The molecule has 0 aliphatic rings. The van der Waals surface area contributed by atoms with Gasteiger partial charge in [0, 0.05) is 0 Å². The Balaban J connectivity index is 2.20. The minimum Gasteiger partial charge on any atom is -0.568 e. The van der Waals surface area contributed by atoms with Gasteiger partial charge < -0.3 is 9.31 Å². The molecule has 2 nitrogen and oxygen atoms in total. The SMILES string of the molecule is BOc1ccc(-c2ccc(OBC)cc2)cc1. The van der Waals surface area contributed by atoms with Gasteiger partial charge in [-0.2, -0.15) is 0 Å². The molecule has 4 heteroatoms.